The number of rotatable bonds is 11. The fourth-order valence-electron chi connectivity index (χ4n) is 3.97. The maximum absolute atomic E-state index is 13.5. The molecular formula is C33H29Cl2N3O5S. The summed E-state index contributed by atoms with van der Waals surface area (Å²) in [5.41, 5.74) is 1.77. The zero-order valence-corrected chi connectivity index (χ0v) is 26.3. The Morgan fingerprint density at radius 1 is 0.841 bits per heavy atom. The van der Waals surface area contributed by atoms with Crippen LogP contribution in [0.15, 0.2) is 102 Å². The van der Waals surface area contributed by atoms with Crippen molar-refractivity contribution in [2.24, 2.45) is 0 Å². The molecule has 0 aliphatic carbocycles. The Bertz CT molecular complexity index is 1700. The predicted molar refractivity (Wildman–Crippen MR) is 177 cm³/mol. The second-order valence-corrected chi connectivity index (χ2v) is 11.5. The van der Waals surface area contributed by atoms with Crippen molar-refractivity contribution in [3.8, 4) is 11.5 Å². The van der Waals surface area contributed by atoms with Crippen LogP contribution in [0.5, 0.6) is 11.5 Å². The Kier molecular flexibility index (Phi) is 11.3. The van der Waals surface area contributed by atoms with E-state index in [1.54, 1.807) is 99.0 Å². The predicted octanol–water partition coefficient (Wildman–Crippen LogP) is 7.54. The third kappa shape index (κ3) is 8.57. The molecule has 0 fully saturated rings. The molecule has 0 aliphatic rings. The molecule has 0 aliphatic heterocycles. The molecule has 0 heterocycles. The number of carbonyl (C=O) groups is 3. The normalized spacial score (nSPS) is 11.7. The summed E-state index contributed by atoms with van der Waals surface area (Å²) in [4.78, 5) is 40.1. The molecule has 0 aromatic heterocycles. The van der Waals surface area contributed by atoms with Gasteiger partial charge in [0.1, 0.15) is 17.2 Å². The average Bonchev–Trinajstić information content (AvgIpc) is 3.03. The maximum atomic E-state index is 13.5. The molecule has 8 nitrogen and oxygen atoms in total. The van der Waals surface area contributed by atoms with Crippen LogP contribution < -0.4 is 25.4 Å². The number of ether oxygens (including phenoxy) is 2. The molecule has 0 saturated carbocycles. The van der Waals surface area contributed by atoms with Gasteiger partial charge < -0.3 is 25.4 Å². The van der Waals surface area contributed by atoms with E-state index >= 15 is 0 Å². The van der Waals surface area contributed by atoms with Crippen LogP contribution >= 0.6 is 35.0 Å². The van der Waals surface area contributed by atoms with Gasteiger partial charge >= 0.3 is 0 Å². The Morgan fingerprint density at radius 3 is 2.32 bits per heavy atom. The van der Waals surface area contributed by atoms with Gasteiger partial charge in [0.15, 0.2) is 0 Å². The Morgan fingerprint density at radius 2 is 1.59 bits per heavy atom. The van der Waals surface area contributed by atoms with Crippen molar-refractivity contribution in [3.63, 3.8) is 0 Å². The molecule has 0 bridgehead atoms. The van der Waals surface area contributed by atoms with Crippen LogP contribution in [-0.4, -0.2) is 37.2 Å². The lowest BCUT2D eigenvalue weighted by Gasteiger charge is -2.16. The second-order valence-electron chi connectivity index (χ2n) is 9.32. The van der Waals surface area contributed by atoms with Crippen LogP contribution in [0.3, 0.4) is 0 Å². The number of hydrogen-bond acceptors (Lipinski definition) is 6. The summed E-state index contributed by atoms with van der Waals surface area (Å²) >= 11 is 13.8. The van der Waals surface area contributed by atoms with Crippen LogP contribution in [-0.2, 0) is 9.59 Å². The van der Waals surface area contributed by atoms with Crippen molar-refractivity contribution < 1.29 is 23.9 Å². The van der Waals surface area contributed by atoms with Gasteiger partial charge in [-0.3, -0.25) is 14.4 Å². The van der Waals surface area contributed by atoms with Crippen molar-refractivity contribution in [1.29, 1.82) is 0 Å². The van der Waals surface area contributed by atoms with E-state index in [4.69, 9.17) is 32.7 Å². The van der Waals surface area contributed by atoms with Crippen LogP contribution in [0.2, 0.25) is 10.0 Å². The van der Waals surface area contributed by atoms with E-state index in [0.29, 0.717) is 39.0 Å². The number of benzene rings is 4. The third-order valence-electron chi connectivity index (χ3n) is 6.25. The van der Waals surface area contributed by atoms with Crippen LogP contribution in [0.4, 0.5) is 11.4 Å². The molecule has 1 unspecified atom stereocenters. The summed E-state index contributed by atoms with van der Waals surface area (Å²) in [6.07, 6.45) is 1.46. The monoisotopic (exact) mass is 649 g/mol. The summed E-state index contributed by atoms with van der Waals surface area (Å²) in [5, 5.41) is 8.45. The van der Waals surface area contributed by atoms with E-state index in [-0.39, 0.29) is 16.6 Å². The molecule has 0 saturated heterocycles. The minimum absolute atomic E-state index is 0.0396. The molecule has 0 spiro atoms. The fraction of sp³-hybridized carbons (Fsp3) is 0.121. The number of carbonyl (C=O) groups excluding carboxylic acids is 3. The average molecular weight is 651 g/mol. The van der Waals surface area contributed by atoms with E-state index < -0.39 is 17.1 Å². The number of anilines is 2. The van der Waals surface area contributed by atoms with Crippen molar-refractivity contribution in [1.82, 2.24) is 5.32 Å². The van der Waals surface area contributed by atoms with Gasteiger partial charge in [-0.25, -0.2) is 0 Å². The Hall–Kier alpha value is -4.44. The van der Waals surface area contributed by atoms with Gasteiger partial charge in [-0.05, 0) is 67.1 Å². The van der Waals surface area contributed by atoms with Gasteiger partial charge in [-0.1, -0.05) is 59.6 Å². The lowest BCUT2D eigenvalue weighted by atomic mass is 10.1. The first kappa shape index (κ1) is 32.5. The van der Waals surface area contributed by atoms with E-state index in [9.17, 15) is 14.4 Å². The van der Waals surface area contributed by atoms with E-state index in [0.717, 1.165) is 4.90 Å². The first-order chi connectivity index (χ1) is 21.2. The minimum atomic E-state index is -0.579. The molecule has 3 N–H and O–H groups in total. The molecule has 226 valence electrons. The van der Waals surface area contributed by atoms with Crippen molar-refractivity contribution in [2.45, 2.75) is 17.1 Å². The largest absolute Gasteiger partial charge is 0.497 e. The fourth-order valence-corrected chi connectivity index (χ4v) is 5.26. The summed E-state index contributed by atoms with van der Waals surface area (Å²) < 4.78 is 10.6. The van der Waals surface area contributed by atoms with Crippen molar-refractivity contribution in [3.05, 3.63) is 118 Å². The summed E-state index contributed by atoms with van der Waals surface area (Å²) in [7, 11) is 3.06. The second kappa shape index (κ2) is 15.3. The van der Waals surface area contributed by atoms with E-state index in [2.05, 4.69) is 16.0 Å². The SMILES string of the molecule is COc1ccc(NC(=O)C(C)Sc2cccc(NC(=O)/C(=C\c3cccc(Cl)c3Cl)NC(=O)c3ccccc3)c2)c(OC)c1. The lowest BCUT2D eigenvalue weighted by Crippen LogP contribution is -2.30. The molecular weight excluding hydrogens is 621 g/mol. The highest BCUT2D eigenvalue weighted by molar-refractivity contribution is 8.00. The summed E-state index contributed by atoms with van der Waals surface area (Å²) in [6, 6.07) is 25.7. The Balaban J connectivity index is 1.50. The molecule has 0 radical (unpaired) electrons. The maximum Gasteiger partial charge on any atom is 0.272 e. The van der Waals surface area contributed by atoms with Crippen molar-refractivity contribution >= 4 is 70.1 Å². The zero-order chi connectivity index (χ0) is 31.6. The molecule has 4 rings (SSSR count). The van der Waals surface area contributed by atoms with Gasteiger partial charge in [0.25, 0.3) is 11.8 Å². The molecule has 3 amide bonds. The van der Waals surface area contributed by atoms with Gasteiger partial charge in [0.2, 0.25) is 5.91 Å². The smallest absolute Gasteiger partial charge is 0.272 e. The number of halogens is 2. The van der Waals surface area contributed by atoms with Gasteiger partial charge in [-0.2, -0.15) is 0 Å². The number of nitrogens with one attached hydrogen (secondary N) is 3. The van der Waals surface area contributed by atoms with E-state index in [1.165, 1.54) is 24.9 Å². The molecule has 44 heavy (non-hydrogen) atoms. The first-order valence-corrected chi connectivity index (χ1v) is 14.9. The number of amides is 3. The van der Waals surface area contributed by atoms with Gasteiger partial charge in [0, 0.05) is 22.2 Å². The highest BCUT2D eigenvalue weighted by Gasteiger charge is 2.19. The highest BCUT2D eigenvalue weighted by atomic mass is 35.5. The molecule has 11 heteroatoms. The van der Waals surface area contributed by atoms with Crippen LogP contribution in [0.1, 0.15) is 22.8 Å². The first-order valence-electron chi connectivity index (χ1n) is 13.3. The van der Waals surface area contributed by atoms with E-state index in [1.807, 2.05) is 6.07 Å². The van der Waals surface area contributed by atoms with Crippen molar-refractivity contribution in [2.75, 3.05) is 24.9 Å². The van der Waals surface area contributed by atoms with Crippen LogP contribution in [0, 0.1) is 0 Å². The van der Waals surface area contributed by atoms with Gasteiger partial charge in [-0.15, -0.1) is 11.8 Å². The number of thioether (sulfide) groups is 1. The lowest BCUT2D eigenvalue weighted by molar-refractivity contribution is -0.115. The minimum Gasteiger partial charge on any atom is -0.497 e. The summed E-state index contributed by atoms with van der Waals surface area (Å²) in [6.45, 7) is 1.77. The van der Waals surface area contributed by atoms with Crippen LogP contribution in [0.25, 0.3) is 6.08 Å². The molecule has 4 aromatic rings. The Labute approximate surface area is 269 Å². The molecule has 4 aromatic carbocycles. The number of methoxy groups -OCH3 is 2. The third-order valence-corrected chi connectivity index (χ3v) is 8.18. The summed E-state index contributed by atoms with van der Waals surface area (Å²) in [5.74, 6) is -0.205. The topological polar surface area (TPSA) is 106 Å². The van der Waals surface area contributed by atoms with Gasteiger partial charge in [0.05, 0.1) is 35.2 Å². The highest BCUT2D eigenvalue weighted by Crippen LogP contribution is 2.32. The molecule has 1 atom stereocenters. The zero-order valence-electron chi connectivity index (χ0n) is 24.0. The standard InChI is InChI=1S/C33H29Cl2N3O5S/c1-20(31(39)37-27-16-15-24(42-2)19-29(27)43-3)44-25-13-8-12-23(18-25)36-33(41)28(17-22-11-7-14-26(34)30(22)35)38-32(40)21-9-5-4-6-10-21/h4-20H,1-3H3,(H,36,41)(H,37,39)(H,38,40)/b28-17+. The number of hydrogen-bond donors (Lipinski definition) is 3. The quantitative estimate of drug-likeness (QED) is 0.114.